The van der Waals surface area contributed by atoms with Gasteiger partial charge in [-0.1, -0.05) is 269 Å². The Kier molecular flexibility index (Phi) is 51.6. The van der Waals surface area contributed by atoms with Crippen molar-refractivity contribution < 1.29 is 32.9 Å². The van der Waals surface area contributed by atoms with Crippen LogP contribution in [-0.4, -0.2) is 68.5 Å². The Morgan fingerprint density at radius 1 is 0.486 bits per heavy atom. The molecule has 0 fully saturated rings. The van der Waals surface area contributed by atoms with E-state index in [1.54, 1.807) is 6.08 Å². The van der Waals surface area contributed by atoms with Crippen molar-refractivity contribution in [2.24, 2.45) is 0 Å². The summed E-state index contributed by atoms with van der Waals surface area (Å²) in [5.74, 6) is -0.202. The van der Waals surface area contributed by atoms with E-state index in [4.69, 9.17) is 9.05 Å². The highest BCUT2D eigenvalue weighted by atomic mass is 31.2. The van der Waals surface area contributed by atoms with Gasteiger partial charge in [0.05, 0.1) is 39.9 Å². The summed E-state index contributed by atoms with van der Waals surface area (Å²) in [6.45, 7) is 4.66. The summed E-state index contributed by atoms with van der Waals surface area (Å²) in [5.41, 5.74) is 0. The van der Waals surface area contributed by atoms with E-state index >= 15 is 0 Å². The number of aliphatic hydroxyl groups is 1. The fourth-order valence-electron chi connectivity index (χ4n) is 9.05. The highest BCUT2D eigenvalue weighted by Crippen LogP contribution is 2.38. The summed E-state index contributed by atoms with van der Waals surface area (Å²) < 4.78 is 23.3. The molecule has 3 atom stereocenters. The fourth-order valence-corrected chi connectivity index (χ4v) is 9.77. The van der Waals surface area contributed by atoms with Crippen LogP contribution in [0.3, 0.4) is 0 Å². The maximum absolute atomic E-state index is 13.0. The van der Waals surface area contributed by atoms with E-state index in [0.717, 1.165) is 38.5 Å². The van der Waals surface area contributed by atoms with Gasteiger partial charge in [0.15, 0.2) is 0 Å². The van der Waals surface area contributed by atoms with Crippen LogP contribution in [0.5, 0.6) is 0 Å². The van der Waals surface area contributed by atoms with Crippen LogP contribution in [0.25, 0.3) is 0 Å². The summed E-state index contributed by atoms with van der Waals surface area (Å²) in [7, 11) is 1.25. The van der Waals surface area contributed by atoms with Gasteiger partial charge in [-0.25, -0.2) is 0 Å². The molecule has 9 heteroatoms. The van der Waals surface area contributed by atoms with Crippen molar-refractivity contribution in [3.63, 3.8) is 0 Å². The number of nitrogens with one attached hydrogen (secondary N) is 1. The smallest absolute Gasteiger partial charge is 0.268 e. The molecule has 0 aliphatic rings. The van der Waals surface area contributed by atoms with Crippen molar-refractivity contribution in [3.05, 3.63) is 36.5 Å². The van der Waals surface area contributed by atoms with Gasteiger partial charge >= 0.3 is 0 Å². The molecular weight excluding hydrogens is 888 g/mol. The van der Waals surface area contributed by atoms with Crippen LogP contribution in [0.4, 0.5) is 0 Å². The van der Waals surface area contributed by atoms with Gasteiger partial charge in [0.2, 0.25) is 5.91 Å². The molecular formula is C61H119N2O6P. The normalized spacial score (nSPS) is 14.1. The van der Waals surface area contributed by atoms with Gasteiger partial charge in [-0.3, -0.25) is 9.36 Å². The number of unbranched alkanes of at least 4 members (excludes halogenated alkanes) is 39. The zero-order valence-corrected chi connectivity index (χ0v) is 48.1. The highest BCUT2D eigenvalue weighted by Gasteiger charge is 2.23. The van der Waals surface area contributed by atoms with E-state index in [1.807, 2.05) is 27.2 Å². The van der Waals surface area contributed by atoms with Crippen molar-refractivity contribution in [2.75, 3.05) is 40.9 Å². The molecule has 3 unspecified atom stereocenters. The zero-order chi connectivity index (χ0) is 51.3. The van der Waals surface area contributed by atoms with E-state index < -0.39 is 20.0 Å². The number of phosphoric ester groups is 1. The molecule has 0 spiro atoms. The Morgan fingerprint density at radius 2 is 0.800 bits per heavy atom. The van der Waals surface area contributed by atoms with Gasteiger partial charge in [0.25, 0.3) is 7.82 Å². The molecule has 0 aliphatic heterocycles. The van der Waals surface area contributed by atoms with Gasteiger partial charge in [-0.05, 0) is 57.8 Å². The van der Waals surface area contributed by atoms with Crippen LogP contribution in [0, 0.1) is 0 Å². The average Bonchev–Trinajstić information content (AvgIpc) is 3.32. The lowest BCUT2D eigenvalue weighted by atomic mass is 10.0. The molecule has 2 N–H and O–H groups in total. The quantitative estimate of drug-likeness (QED) is 0.0272. The summed E-state index contributed by atoms with van der Waals surface area (Å²) in [6.07, 6.45) is 68.1. The van der Waals surface area contributed by atoms with E-state index in [1.165, 1.54) is 238 Å². The van der Waals surface area contributed by atoms with Gasteiger partial charge < -0.3 is 28.8 Å². The Bertz CT molecular complexity index is 1230. The van der Waals surface area contributed by atoms with Crippen LogP contribution in [-0.2, 0) is 18.4 Å². The number of carbonyl (C=O) groups excluding carboxylic acids is 1. The number of aliphatic hydroxyl groups excluding tert-OH is 1. The Balaban J connectivity index is 4.08. The highest BCUT2D eigenvalue weighted by molar-refractivity contribution is 7.45. The van der Waals surface area contributed by atoms with E-state index in [0.29, 0.717) is 17.4 Å². The molecule has 0 heterocycles. The first-order valence-electron chi connectivity index (χ1n) is 30.4. The van der Waals surface area contributed by atoms with Crippen molar-refractivity contribution in [1.82, 2.24) is 5.32 Å². The second-order valence-electron chi connectivity index (χ2n) is 22.0. The number of carbonyl (C=O) groups is 1. The third-order valence-electron chi connectivity index (χ3n) is 13.8. The zero-order valence-electron chi connectivity index (χ0n) is 47.2. The molecule has 70 heavy (non-hydrogen) atoms. The summed E-state index contributed by atoms with van der Waals surface area (Å²) >= 11 is 0. The number of quaternary nitrogens is 1. The summed E-state index contributed by atoms with van der Waals surface area (Å²) in [4.78, 5) is 25.5. The Morgan fingerprint density at radius 3 is 1.16 bits per heavy atom. The van der Waals surface area contributed by atoms with Crippen molar-refractivity contribution in [3.8, 4) is 0 Å². The molecule has 414 valence electrons. The molecule has 0 aromatic rings. The van der Waals surface area contributed by atoms with Crippen LogP contribution >= 0.6 is 7.82 Å². The van der Waals surface area contributed by atoms with E-state index in [2.05, 4.69) is 43.5 Å². The van der Waals surface area contributed by atoms with Gasteiger partial charge in [0.1, 0.15) is 13.2 Å². The van der Waals surface area contributed by atoms with E-state index in [9.17, 15) is 19.4 Å². The SMILES string of the molecule is CCCCCCCCCC/C=C\CCCCCCCCCCCCCCCCCCCCCC(=O)NC(COP(=O)([O-])OCC[N+](C)(C)C)C(O)/C=C/CC/C=C/CCCCCCCCCCCCC. The largest absolute Gasteiger partial charge is 0.756 e. The number of allylic oxidation sites excluding steroid dienone is 5. The average molecular weight is 1010 g/mol. The number of likely N-dealkylation sites (N-methyl/N-ethyl adjacent to an activating group) is 1. The fraction of sp³-hybridized carbons (Fsp3) is 0.885. The molecule has 1 amide bonds. The van der Waals surface area contributed by atoms with Crippen molar-refractivity contribution in [2.45, 2.75) is 309 Å². The predicted molar refractivity (Wildman–Crippen MR) is 302 cm³/mol. The summed E-state index contributed by atoms with van der Waals surface area (Å²) in [6, 6.07) is -0.901. The molecule has 0 aliphatic carbocycles. The number of nitrogens with zero attached hydrogens (tertiary/aromatic N) is 1. The van der Waals surface area contributed by atoms with Gasteiger partial charge in [-0.2, -0.15) is 0 Å². The lowest BCUT2D eigenvalue weighted by Gasteiger charge is -2.29. The molecule has 0 rings (SSSR count). The third kappa shape index (κ3) is 54.5. The number of hydrogen-bond donors (Lipinski definition) is 2. The number of amides is 1. The molecule has 0 radical (unpaired) electrons. The lowest BCUT2D eigenvalue weighted by molar-refractivity contribution is -0.870. The van der Waals surface area contributed by atoms with Crippen LogP contribution in [0.2, 0.25) is 0 Å². The first-order chi connectivity index (χ1) is 34.0. The minimum Gasteiger partial charge on any atom is -0.756 e. The van der Waals surface area contributed by atoms with Crippen molar-refractivity contribution >= 4 is 13.7 Å². The molecule has 0 aromatic heterocycles. The Labute approximate surface area is 436 Å². The number of rotatable bonds is 56. The second kappa shape index (κ2) is 52.6. The topological polar surface area (TPSA) is 108 Å². The summed E-state index contributed by atoms with van der Waals surface area (Å²) in [5, 5.41) is 13.9. The van der Waals surface area contributed by atoms with Crippen LogP contribution in [0.15, 0.2) is 36.5 Å². The second-order valence-corrected chi connectivity index (χ2v) is 23.5. The maximum Gasteiger partial charge on any atom is 0.268 e. The van der Waals surface area contributed by atoms with E-state index in [-0.39, 0.29) is 19.1 Å². The molecule has 0 saturated heterocycles. The standard InChI is InChI=1S/C61H119N2O6P/c1-6-8-10-12-14-16-18-20-22-24-25-26-27-28-29-30-31-32-33-34-35-36-37-39-41-43-45-47-49-51-53-55-61(65)62-59(58-69-70(66,67)68-57-56-63(3,4)5)60(64)54-52-50-48-46-44-42-40-38-23-21-19-17-15-13-11-9-7-2/h24-25,44,46,52,54,59-60,64H,6-23,26-43,45,47-51,53,55-58H2,1-5H3,(H-,62,65,66,67)/b25-24-,46-44+,54-52+. The van der Waals surface area contributed by atoms with Gasteiger partial charge in [-0.15, -0.1) is 0 Å². The molecule has 0 bridgehead atoms. The van der Waals surface area contributed by atoms with Gasteiger partial charge in [0, 0.05) is 6.42 Å². The predicted octanol–water partition coefficient (Wildman–Crippen LogP) is 17.9. The molecule has 0 saturated carbocycles. The molecule has 8 nitrogen and oxygen atoms in total. The minimum absolute atomic E-state index is 0.00481. The minimum atomic E-state index is -4.60. The molecule has 0 aromatic carbocycles. The van der Waals surface area contributed by atoms with Crippen molar-refractivity contribution in [1.29, 1.82) is 0 Å². The first kappa shape index (κ1) is 68.7. The Hall–Kier alpha value is -1.28. The lowest BCUT2D eigenvalue weighted by Crippen LogP contribution is -2.45. The first-order valence-corrected chi connectivity index (χ1v) is 31.8. The maximum atomic E-state index is 13.0. The van der Waals surface area contributed by atoms with Crippen LogP contribution < -0.4 is 10.2 Å². The van der Waals surface area contributed by atoms with Crippen LogP contribution in [0.1, 0.15) is 296 Å². The number of phosphoric acid groups is 1. The third-order valence-corrected chi connectivity index (χ3v) is 14.8. The monoisotopic (exact) mass is 1010 g/mol. The number of hydrogen-bond acceptors (Lipinski definition) is 6.